The van der Waals surface area contributed by atoms with E-state index in [-0.39, 0.29) is 17.2 Å². The van der Waals surface area contributed by atoms with Gasteiger partial charge in [-0.2, -0.15) is 0 Å². The number of hydrogen-bond acceptors (Lipinski definition) is 3. The van der Waals surface area contributed by atoms with Crippen molar-refractivity contribution in [3.05, 3.63) is 71.3 Å². The summed E-state index contributed by atoms with van der Waals surface area (Å²) in [5.74, 6) is -0.229. The number of amides is 2. The van der Waals surface area contributed by atoms with Crippen molar-refractivity contribution >= 4 is 11.8 Å². The Balaban J connectivity index is 1.49. The molecule has 160 valence electrons. The predicted octanol–water partition coefficient (Wildman–Crippen LogP) is 3.45. The summed E-state index contributed by atoms with van der Waals surface area (Å²) in [4.78, 5) is 29.6. The molecular formula is C25H33N3O2. The van der Waals surface area contributed by atoms with Gasteiger partial charge in [0.25, 0.3) is 5.91 Å². The standard InChI is InChI=1S/C25H33N3O2/c1-19(26-23(29)21-10-12-22(13-11-21)25(2,3)4)24(30)28-16-14-27(15-17-28)18-20-8-6-5-7-9-20/h5-13,19H,14-18H2,1-4H3,(H,26,29). The first-order valence-corrected chi connectivity index (χ1v) is 10.7. The number of carbonyl (C=O) groups excluding carboxylic acids is 2. The van der Waals surface area contributed by atoms with E-state index in [4.69, 9.17) is 0 Å². The Kier molecular flexibility index (Phi) is 6.93. The molecular weight excluding hydrogens is 374 g/mol. The van der Waals surface area contributed by atoms with E-state index in [1.165, 1.54) is 11.1 Å². The molecule has 1 heterocycles. The van der Waals surface area contributed by atoms with E-state index in [2.05, 4.69) is 55.3 Å². The Labute approximate surface area is 180 Å². The van der Waals surface area contributed by atoms with Crippen molar-refractivity contribution in [3.8, 4) is 0 Å². The normalized spacial score (nSPS) is 16.2. The van der Waals surface area contributed by atoms with Crippen molar-refractivity contribution < 1.29 is 9.59 Å². The van der Waals surface area contributed by atoms with Gasteiger partial charge in [0.2, 0.25) is 5.91 Å². The molecule has 1 N–H and O–H groups in total. The summed E-state index contributed by atoms with van der Waals surface area (Å²) in [6.45, 7) is 12.1. The van der Waals surface area contributed by atoms with E-state index in [1.54, 1.807) is 6.92 Å². The topological polar surface area (TPSA) is 52.7 Å². The number of piperazine rings is 1. The Hall–Kier alpha value is -2.66. The number of hydrogen-bond donors (Lipinski definition) is 1. The third kappa shape index (κ3) is 5.70. The van der Waals surface area contributed by atoms with Crippen LogP contribution in [0.5, 0.6) is 0 Å². The fourth-order valence-corrected chi connectivity index (χ4v) is 3.71. The number of benzene rings is 2. The summed E-state index contributed by atoms with van der Waals surface area (Å²) >= 11 is 0. The second kappa shape index (κ2) is 9.43. The molecule has 1 atom stereocenters. The van der Waals surface area contributed by atoms with Crippen molar-refractivity contribution in [2.24, 2.45) is 0 Å². The van der Waals surface area contributed by atoms with Crippen LogP contribution >= 0.6 is 0 Å². The Morgan fingerprint density at radius 1 is 0.933 bits per heavy atom. The highest BCUT2D eigenvalue weighted by atomic mass is 16.2. The molecule has 2 amide bonds. The van der Waals surface area contributed by atoms with Crippen LogP contribution in [0.3, 0.4) is 0 Å². The van der Waals surface area contributed by atoms with Crippen molar-refractivity contribution in [1.29, 1.82) is 0 Å². The third-order valence-corrected chi connectivity index (χ3v) is 5.66. The molecule has 1 saturated heterocycles. The first-order valence-electron chi connectivity index (χ1n) is 10.7. The van der Waals surface area contributed by atoms with Crippen molar-refractivity contribution in [3.63, 3.8) is 0 Å². The summed E-state index contributed by atoms with van der Waals surface area (Å²) in [5.41, 5.74) is 3.09. The van der Waals surface area contributed by atoms with Crippen molar-refractivity contribution in [2.75, 3.05) is 26.2 Å². The van der Waals surface area contributed by atoms with E-state index in [0.717, 1.165) is 19.6 Å². The fraction of sp³-hybridized carbons (Fsp3) is 0.440. The van der Waals surface area contributed by atoms with Crippen LogP contribution in [0.4, 0.5) is 0 Å². The fourth-order valence-electron chi connectivity index (χ4n) is 3.71. The van der Waals surface area contributed by atoms with E-state index in [0.29, 0.717) is 18.7 Å². The lowest BCUT2D eigenvalue weighted by atomic mass is 9.86. The molecule has 1 unspecified atom stereocenters. The maximum atomic E-state index is 12.8. The van der Waals surface area contributed by atoms with Gasteiger partial charge in [-0.1, -0.05) is 63.2 Å². The average molecular weight is 408 g/mol. The molecule has 30 heavy (non-hydrogen) atoms. The summed E-state index contributed by atoms with van der Waals surface area (Å²) in [5, 5.41) is 2.86. The zero-order chi connectivity index (χ0) is 21.7. The highest BCUT2D eigenvalue weighted by molar-refractivity contribution is 5.97. The van der Waals surface area contributed by atoms with E-state index >= 15 is 0 Å². The molecule has 1 aliphatic heterocycles. The maximum Gasteiger partial charge on any atom is 0.251 e. The van der Waals surface area contributed by atoms with Crippen LogP contribution in [-0.4, -0.2) is 53.8 Å². The monoisotopic (exact) mass is 407 g/mol. The quantitative estimate of drug-likeness (QED) is 0.826. The molecule has 1 aliphatic rings. The smallest absolute Gasteiger partial charge is 0.251 e. The summed E-state index contributed by atoms with van der Waals surface area (Å²) in [6.07, 6.45) is 0. The molecule has 0 radical (unpaired) electrons. The zero-order valence-electron chi connectivity index (χ0n) is 18.5. The van der Waals surface area contributed by atoms with E-state index in [9.17, 15) is 9.59 Å². The predicted molar refractivity (Wildman–Crippen MR) is 120 cm³/mol. The lowest BCUT2D eigenvalue weighted by molar-refractivity contribution is -0.134. The minimum Gasteiger partial charge on any atom is -0.341 e. The molecule has 5 heteroatoms. The summed E-state index contributed by atoms with van der Waals surface area (Å²) in [6, 6.07) is 17.5. The van der Waals surface area contributed by atoms with Gasteiger partial charge in [0.1, 0.15) is 6.04 Å². The highest BCUT2D eigenvalue weighted by Gasteiger charge is 2.26. The molecule has 1 fully saturated rings. The maximum absolute atomic E-state index is 12.8. The molecule has 5 nitrogen and oxygen atoms in total. The zero-order valence-corrected chi connectivity index (χ0v) is 18.5. The Morgan fingerprint density at radius 2 is 1.53 bits per heavy atom. The van der Waals surface area contributed by atoms with Crippen molar-refractivity contribution in [1.82, 2.24) is 15.1 Å². The van der Waals surface area contributed by atoms with Crippen LogP contribution in [0.15, 0.2) is 54.6 Å². The minimum atomic E-state index is -0.541. The first-order chi connectivity index (χ1) is 14.2. The molecule has 3 rings (SSSR count). The average Bonchev–Trinajstić information content (AvgIpc) is 2.74. The number of carbonyl (C=O) groups is 2. The number of rotatable bonds is 5. The van der Waals surface area contributed by atoms with Gasteiger partial charge in [-0.05, 0) is 35.6 Å². The molecule has 2 aromatic carbocycles. The van der Waals surface area contributed by atoms with Gasteiger partial charge >= 0.3 is 0 Å². The van der Waals surface area contributed by atoms with Crippen LogP contribution in [0.25, 0.3) is 0 Å². The molecule has 0 aromatic heterocycles. The highest BCUT2D eigenvalue weighted by Crippen LogP contribution is 2.22. The van der Waals surface area contributed by atoms with E-state index in [1.807, 2.05) is 35.2 Å². The van der Waals surface area contributed by atoms with Gasteiger partial charge in [0.05, 0.1) is 0 Å². The van der Waals surface area contributed by atoms with Crippen molar-refractivity contribution in [2.45, 2.75) is 45.7 Å². The van der Waals surface area contributed by atoms with Crippen LogP contribution in [-0.2, 0) is 16.8 Å². The first kappa shape index (κ1) is 22.0. The molecule has 0 aliphatic carbocycles. The SMILES string of the molecule is CC(NC(=O)c1ccc(C(C)(C)C)cc1)C(=O)N1CCN(Cc2ccccc2)CC1. The van der Waals surface area contributed by atoms with Gasteiger partial charge in [0.15, 0.2) is 0 Å². The second-order valence-electron chi connectivity index (χ2n) is 9.11. The largest absolute Gasteiger partial charge is 0.341 e. The third-order valence-electron chi connectivity index (χ3n) is 5.66. The van der Waals surface area contributed by atoms with Gasteiger partial charge in [-0.15, -0.1) is 0 Å². The minimum absolute atomic E-state index is 0.0194. The Morgan fingerprint density at radius 3 is 2.10 bits per heavy atom. The Bertz CT molecular complexity index is 848. The second-order valence-corrected chi connectivity index (χ2v) is 9.11. The van der Waals surface area contributed by atoms with Crippen LogP contribution in [0, 0.1) is 0 Å². The van der Waals surface area contributed by atoms with Crippen LogP contribution < -0.4 is 5.32 Å². The number of nitrogens with zero attached hydrogens (tertiary/aromatic N) is 2. The lowest BCUT2D eigenvalue weighted by Gasteiger charge is -2.36. The number of nitrogens with one attached hydrogen (secondary N) is 1. The summed E-state index contributed by atoms with van der Waals surface area (Å²) in [7, 11) is 0. The van der Waals surface area contributed by atoms with Crippen LogP contribution in [0.2, 0.25) is 0 Å². The molecule has 0 spiro atoms. The summed E-state index contributed by atoms with van der Waals surface area (Å²) < 4.78 is 0. The molecule has 0 bridgehead atoms. The van der Waals surface area contributed by atoms with Gasteiger partial charge < -0.3 is 10.2 Å². The van der Waals surface area contributed by atoms with Gasteiger partial charge in [-0.25, -0.2) is 0 Å². The lowest BCUT2D eigenvalue weighted by Crippen LogP contribution is -2.53. The van der Waals surface area contributed by atoms with Crippen LogP contribution in [0.1, 0.15) is 49.2 Å². The van der Waals surface area contributed by atoms with Gasteiger partial charge in [-0.3, -0.25) is 14.5 Å². The van der Waals surface area contributed by atoms with Gasteiger partial charge in [0, 0.05) is 38.3 Å². The molecule has 2 aromatic rings. The van der Waals surface area contributed by atoms with E-state index < -0.39 is 6.04 Å². The molecule has 0 saturated carbocycles.